The van der Waals surface area contributed by atoms with Crippen molar-refractivity contribution in [2.45, 2.75) is 33.2 Å². The van der Waals surface area contributed by atoms with Crippen LogP contribution < -0.4 is 5.32 Å². The average molecular weight is 392 g/mol. The Bertz CT molecular complexity index is 981. The molecule has 6 heteroatoms. The quantitative estimate of drug-likeness (QED) is 0.787. The molecule has 1 aliphatic heterocycles. The summed E-state index contributed by atoms with van der Waals surface area (Å²) in [4.78, 5) is 38.1. The zero-order valence-corrected chi connectivity index (χ0v) is 16.8. The first-order valence-electron chi connectivity index (χ1n) is 9.44. The lowest BCUT2D eigenvalue weighted by Crippen LogP contribution is -2.33. The smallest absolute Gasteiger partial charge is 0.308 e. The summed E-state index contributed by atoms with van der Waals surface area (Å²) in [5.41, 5.74) is 4.56. The zero-order valence-electron chi connectivity index (χ0n) is 16.8. The number of benzene rings is 2. The van der Waals surface area contributed by atoms with Crippen molar-refractivity contribution in [1.29, 1.82) is 0 Å². The van der Waals surface area contributed by atoms with Gasteiger partial charge in [-0.2, -0.15) is 0 Å². The topological polar surface area (TPSA) is 75.7 Å². The Kier molecular flexibility index (Phi) is 6.12. The second-order valence-corrected chi connectivity index (χ2v) is 7.05. The molecule has 3 rings (SSSR count). The first-order chi connectivity index (χ1) is 13.9. The Hall–Kier alpha value is -3.41. The number of ether oxygens (including phenoxy) is 1. The fourth-order valence-corrected chi connectivity index (χ4v) is 3.35. The van der Waals surface area contributed by atoms with Crippen LogP contribution in [0.15, 0.2) is 48.7 Å². The van der Waals surface area contributed by atoms with Gasteiger partial charge in [0.1, 0.15) is 0 Å². The first-order valence-corrected chi connectivity index (χ1v) is 9.44. The minimum absolute atomic E-state index is 0.0301. The molecule has 1 aliphatic rings. The van der Waals surface area contributed by atoms with Crippen LogP contribution in [0.1, 0.15) is 41.6 Å². The highest BCUT2D eigenvalue weighted by atomic mass is 16.5. The summed E-state index contributed by atoms with van der Waals surface area (Å²) in [6, 6.07) is 12.8. The zero-order chi connectivity index (χ0) is 21.0. The fraction of sp³-hybridized carbons (Fsp3) is 0.261. The van der Waals surface area contributed by atoms with Gasteiger partial charge < -0.3 is 15.0 Å². The lowest BCUT2D eigenvalue weighted by atomic mass is 9.94. The Balaban J connectivity index is 1.62. The molecular weight excluding hydrogens is 368 g/mol. The van der Waals surface area contributed by atoms with Crippen LogP contribution in [0.5, 0.6) is 0 Å². The van der Waals surface area contributed by atoms with Crippen molar-refractivity contribution >= 4 is 29.5 Å². The molecule has 2 aromatic rings. The molecular formula is C23H24N2O4. The summed E-state index contributed by atoms with van der Waals surface area (Å²) < 4.78 is 5.18. The maximum atomic E-state index is 12.4. The van der Waals surface area contributed by atoms with Gasteiger partial charge in [0.15, 0.2) is 6.61 Å². The standard InChI is InChI=1S/C23H24N2O4/c1-15-7-6-10-20(16(15)2)24-22(27)14-29-23(28)13-21-19-9-5-4-8-18(19)11-12-25(21)17(3)26/h4-12,21H,13-14H2,1-3H3,(H,24,27)/t21-/m1/s1. The molecule has 0 saturated heterocycles. The predicted octanol–water partition coefficient (Wildman–Crippen LogP) is 3.75. The molecule has 0 bridgehead atoms. The lowest BCUT2D eigenvalue weighted by molar-refractivity contribution is -0.149. The van der Waals surface area contributed by atoms with Crippen molar-refractivity contribution in [3.63, 3.8) is 0 Å². The van der Waals surface area contributed by atoms with E-state index in [1.54, 1.807) is 12.3 Å². The van der Waals surface area contributed by atoms with Crippen molar-refractivity contribution < 1.29 is 19.1 Å². The van der Waals surface area contributed by atoms with Crippen LogP contribution >= 0.6 is 0 Å². The van der Waals surface area contributed by atoms with Gasteiger partial charge in [-0.1, -0.05) is 36.4 Å². The number of nitrogens with zero attached hydrogens (tertiary/aromatic N) is 1. The summed E-state index contributed by atoms with van der Waals surface area (Å²) in [5.74, 6) is -1.11. The van der Waals surface area contributed by atoms with Gasteiger partial charge in [0.2, 0.25) is 5.91 Å². The van der Waals surface area contributed by atoms with E-state index in [9.17, 15) is 14.4 Å². The van der Waals surface area contributed by atoms with Crippen LogP contribution in [0.3, 0.4) is 0 Å². The lowest BCUT2D eigenvalue weighted by Gasteiger charge is -2.32. The molecule has 1 N–H and O–H groups in total. The second-order valence-electron chi connectivity index (χ2n) is 7.05. The Labute approximate surface area is 170 Å². The van der Waals surface area contributed by atoms with Gasteiger partial charge in [-0.15, -0.1) is 0 Å². The number of esters is 1. The maximum absolute atomic E-state index is 12.4. The first kappa shape index (κ1) is 20.3. The number of hydrogen-bond acceptors (Lipinski definition) is 4. The minimum atomic E-state index is -0.539. The van der Waals surface area contributed by atoms with E-state index in [1.807, 2.05) is 56.3 Å². The van der Waals surface area contributed by atoms with Gasteiger partial charge in [0.25, 0.3) is 5.91 Å². The largest absolute Gasteiger partial charge is 0.455 e. The molecule has 0 aliphatic carbocycles. The van der Waals surface area contributed by atoms with Gasteiger partial charge in [-0.05, 0) is 48.2 Å². The molecule has 0 radical (unpaired) electrons. The molecule has 1 heterocycles. The van der Waals surface area contributed by atoms with Gasteiger partial charge in [0.05, 0.1) is 12.5 Å². The van der Waals surface area contributed by atoms with E-state index < -0.39 is 17.9 Å². The van der Waals surface area contributed by atoms with Gasteiger partial charge >= 0.3 is 5.97 Å². The highest BCUT2D eigenvalue weighted by Gasteiger charge is 2.28. The van der Waals surface area contributed by atoms with E-state index in [0.29, 0.717) is 5.69 Å². The number of anilines is 1. The molecule has 6 nitrogen and oxygen atoms in total. The number of carbonyl (C=O) groups excluding carboxylic acids is 3. The molecule has 1 atom stereocenters. The number of fused-ring (bicyclic) bond motifs is 1. The molecule has 0 spiro atoms. The normalized spacial score (nSPS) is 14.9. The third-order valence-corrected chi connectivity index (χ3v) is 5.07. The second kappa shape index (κ2) is 8.73. The van der Waals surface area contributed by atoms with E-state index >= 15 is 0 Å². The highest BCUT2D eigenvalue weighted by molar-refractivity contribution is 5.93. The number of carbonyl (C=O) groups is 3. The molecule has 0 unspecified atom stereocenters. The van der Waals surface area contributed by atoms with Crippen LogP contribution in [0.25, 0.3) is 6.08 Å². The number of aryl methyl sites for hydroxylation is 1. The van der Waals surface area contributed by atoms with Gasteiger partial charge in [0, 0.05) is 18.8 Å². The van der Waals surface area contributed by atoms with Crippen molar-refractivity contribution in [2.75, 3.05) is 11.9 Å². The maximum Gasteiger partial charge on any atom is 0.308 e. The van der Waals surface area contributed by atoms with Crippen molar-refractivity contribution in [3.05, 3.63) is 70.9 Å². The van der Waals surface area contributed by atoms with E-state index in [1.165, 1.54) is 11.8 Å². The minimum Gasteiger partial charge on any atom is -0.455 e. The summed E-state index contributed by atoms with van der Waals surface area (Å²) >= 11 is 0. The van der Waals surface area contributed by atoms with Crippen LogP contribution in [-0.4, -0.2) is 29.3 Å². The number of hydrogen-bond donors (Lipinski definition) is 1. The number of amides is 2. The molecule has 0 aromatic heterocycles. The third kappa shape index (κ3) is 4.71. The van der Waals surface area contributed by atoms with Crippen molar-refractivity contribution in [3.8, 4) is 0 Å². The molecule has 150 valence electrons. The molecule has 29 heavy (non-hydrogen) atoms. The number of nitrogens with one attached hydrogen (secondary N) is 1. The van der Waals surface area contributed by atoms with E-state index in [0.717, 1.165) is 22.3 Å². The van der Waals surface area contributed by atoms with Gasteiger partial charge in [-0.25, -0.2) is 0 Å². The summed E-state index contributed by atoms with van der Waals surface area (Å²) in [6.45, 7) is 4.95. The van der Waals surface area contributed by atoms with Crippen molar-refractivity contribution in [2.24, 2.45) is 0 Å². The SMILES string of the molecule is CC(=O)N1C=Cc2ccccc2[C@H]1CC(=O)OCC(=O)Nc1cccc(C)c1C. The van der Waals surface area contributed by atoms with E-state index in [2.05, 4.69) is 5.32 Å². The van der Waals surface area contributed by atoms with E-state index in [4.69, 9.17) is 4.74 Å². The van der Waals surface area contributed by atoms with Crippen LogP contribution in [0.2, 0.25) is 0 Å². The molecule has 2 amide bonds. The summed E-state index contributed by atoms with van der Waals surface area (Å²) in [6.07, 6.45) is 3.49. The Morgan fingerprint density at radius 1 is 1.07 bits per heavy atom. The molecule has 0 saturated carbocycles. The fourth-order valence-electron chi connectivity index (χ4n) is 3.35. The van der Waals surface area contributed by atoms with Crippen LogP contribution in [0.4, 0.5) is 5.69 Å². The number of rotatable bonds is 5. The summed E-state index contributed by atoms with van der Waals surface area (Å²) in [7, 11) is 0. The van der Waals surface area contributed by atoms with E-state index in [-0.39, 0.29) is 18.9 Å². The van der Waals surface area contributed by atoms with Crippen LogP contribution in [-0.2, 0) is 19.1 Å². The Morgan fingerprint density at radius 3 is 2.59 bits per heavy atom. The van der Waals surface area contributed by atoms with Crippen molar-refractivity contribution in [1.82, 2.24) is 4.90 Å². The monoisotopic (exact) mass is 392 g/mol. The predicted molar refractivity (Wildman–Crippen MR) is 111 cm³/mol. The molecule has 0 fully saturated rings. The Morgan fingerprint density at radius 2 is 1.83 bits per heavy atom. The summed E-state index contributed by atoms with van der Waals surface area (Å²) in [5, 5.41) is 2.76. The molecule has 2 aromatic carbocycles. The third-order valence-electron chi connectivity index (χ3n) is 5.07. The van der Waals surface area contributed by atoms with Gasteiger partial charge in [-0.3, -0.25) is 14.4 Å². The van der Waals surface area contributed by atoms with Crippen LogP contribution in [0, 0.1) is 13.8 Å². The highest BCUT2D eigenvalue weighted by Crippen LogP contribution is 2.33. The average Bonchev–Trinajstić information content (AvgIpc) is 2.70.